The molecular weight excluding hydrogens is 242 g/mol. The predicted octanol–water partition coefficient (Wildman–Crippen LogP) is 1.60. The Morgan fingerprint density at radius 3 is 2.63 bits per heavy atom. The Balaban J connectivity index is 2.23. The van der Waals surface area contributed by atoms with Crippen molar-refractivity contribution < 1.29 is 0 Å². The largest absolute Gasteiger partial charge is 0.307 e. The molecule has 0 bridgehead atoms. The zero-order valence-electron chi connectivity index (χ0n) is 11.5. The fourth-order valence-corrected chi connectivity index (χ4v) is 1.53. The van der Waals surface area contributed by atoms with Gasteiger partial charge in [-0.15, -0.1) is 5.10 Å². The van der Waals surface area contributed by atoms with E-state index in [9.17, 15) is 4.79 Å². The van der Waals surface area contributed by atoms with Crippen LogP contribution in [0.1, 0.15) is 38.0 Å². The van der Waals surface area contributed by atoms with Crippen LogP contribution in [-0.4, -0.2) is 25.0 Å². The lowest BCUT2D eigenvalue weighted by Crippen LogP contribution is -2.22. The average Bonchev–Trinajstić information content (AvgIpc) is 2.73. The third kappa shape index (κ3) is 3.37. The molecule has 0 saturated carbocycles. The van der Waals surface area contributed by atoms with Gasteiger partial charge < -0.3 is 4.98 Å². The van der Waals surface area contributed by atoms with Crippen molar-refractivity contribution in [1.82, 2.24) is 25.0 Å². The number of nitrogens with zero attached hydrogens (tertiary/aromatic N) is 4. The van der Waals surface area contributed by atoms with Crippen molar-refractivity contribution in [3.8, 4) is 0 Å². The highest BCUT2D eigenvalue weighted by molar-refractivity contribution is 5.63. The van der Waals surface area contributed by atoms with E-state index in [1.165, 1.54) is 6.07 Å². The monoisotopic (exact) mass is 259 g/mol. The lowest BCUT2D eigenvalue weighted by Gasteiger charge is -2.17. The third-order valence-electron chi connectivity index (χ3n) is 2.50. The van der Waals surface area contributed by atoms with Crippen molar-refractivity contribution in [1.29, 1.82) is 0 Å². The molecule has 2 rings (SSSR count). The summed E-state index contributed by atoms with van der Waals surface area (Å²) in [6.45, 7) is 7.93. The van der Waals surface area contributed by atoms with Gasteiger partial charge in [0.25, 0.3) is 5.56 Å². The number of aryl methyl sites for hydroxylation is 1. The van der Waals surface area contributed by atoms with Crippen LogP contribution in [0.2, 0.25) is 0 Å². The smallest absolute Gasteiger partial charge is 0.251 e. The van der Waals surface area contributed by atoms with Crippen LogP contribution in [0.4, 0.5) is 0 Å². The van der Waals surface area contributed by atoms with Gasteiger partial charge >= 0.3 is 0 Å². The molecule has 19 heavy (non-hydrogen) atoms. The van der Waals surface area contributed by atoms with Crippen LogP contribution in [0.5, 0.6) is 0 Å². The van der Waals surface area contributed by atoms with Gasteiger partial charge in [0.2, 0.25) is 0 Å². The van der Waals surface area contributed by atoms with Gasteiger partial charge in [-0.05, 0) is 39.8 Å². The van der Waals surface area contributed by atoms with Crippen LogP contribution >= 0.6 is 0 Å². The zero-order chi connectivity index (χ0) is 14.0. The second kappa shape index (κ2) is 4.79. The lowest BCUT2D eigenvalue weighted by atomic mass is 10.1. The van der Waals surface area contributed by atoms with Crippen molar-refractivity contribution in [2.45, 2.75) is 33.2 Å². The standard InChI is InChI=1S/C13H17N5O/c1-9-7-12(19)15-11(14-9)6-5-10-8-18(17-16-10)13(2,3)4/h5-8H,1-4H3,(H,14,15,19)/b6-5+. The Kier molecular flexibility index (Phi) is 3.33. The number of aromatic amines is 1. The molecule has 0 amide bonds. The van der Waals surface area contributed by atoms with E-state index < -0.39 is 0 Å². The van der Waals surface area contributed by atoms with Gasteiger partial charge in [-0.25, -0.2) is 9.67 Å². The van der Waals surface area contributed by atoms with E-state index in [0.29, 0.717) is 11.5 Å². The van der Waals surface area contributed by atoms with Gasteiger partial charge in [0, 0.05) is 11.8 Å². The second-order valence-corrected chi connectivity index (χ2v) is 5.36. The maximum Gasteiger partial charge on any atom is 0.251 e. The van der Waals surface area contributed by atoms with Crippen molar-refractivity contribution >= 4 is 12.2 Å². The molecule has 100 valence electrons. The Morgan fingerprint density at radius 2 is 2.05 bits per heavy atom. The van der Waals surface area contributed by atoms with Crippen LogP contribution in [-0.2, 0) is 5.54 Å². The highest BCUT2D eigenvalue weighted by atomic mass is 16.1. The summed E-state index contributed by atoms with van der Waals surface area (Å²) in [4.78, 5) is 18.2. The normalized spacial score (nSPS) is 12.2. The van der Waals surface area contributed by atoms with Gasteiger partial charge in [-0.2, -0.15) is 0 Å². The van der Waals surface area contributed by atoms with Crippen LogP contribution < -0.4 is 5.56 Å². The number of hydrogen-bond donors (Lipinski definition) is 1. The number of rotatable bonds is 2. The molecule has 0 radical (unpaired) electrons. The van der Waals surface area contributed by atoms with Gasteiger partial charge in [-0.3, -0.25) is 4.79 Å². The van der Waals surface area contributed by atoms with Gasteiger partial charge in [-0.1, -0.05) is 5.21 Å². The van der Waals surface area contributed by atoms with Crippen LogP contribution in [0, 0.1) is 6.92 Å². The van der Waals surface area contributed by atoms with Crippen molar-refractivity contribution in [2.75, 3.05) is 0 Å². The molecule has 0 saturated heterocycles. The molecule has 0 atom stereocenters. The van der Waals surface area contributed by atoms with Crippen LogP contribution in [0.15, 0.2) is 17.1 Å². The summed E-state index contributed by atoms with van der Waals surface area (Å²) >= 11 is 0. The molecule has 0 unspecified atom stereocenters. The average molecular weight is 259 g/mol. The Bertz CT molecular complexity index is 660. The summed E-state index contributed by atoms with van der Waals surface area (Å²) in [7, 11) is 0. The number of nitrogens with one attached hydrogen (secondary N) is 1. The fraction of sp³-hybridized carbons (Fsp3) is 0.385. The third-order valence-corrected chi connectivity index (χ3v) is 2.50. The molecular formula is C13H17N5O. The van der Waals surface area contributed by atoms with Crippen molar-refractivity contribution in [2.24, 2.45) is 0 Å². The molecule has 2 aromatic rings. The molecule has 0 aromatic carbocycles. The maximum atomic E-state index is 11.3. The first-order chi connectivity index (χ1) is 8.84. The topological polar surface area (TPSA) is 76.5 Å². The van der Waals surface area contributed by atoms with E-state index in [1.54, 1.807) is 23.8 Å². The van der Waals surface area contributed by atoms with Crippen molar-refractivity contribution in [3.05, 3.63) is 39.8 Å². The van der Waals surface area contributed by atoms with E-state index in [2.05, 4.69) is 41.1 Å². The molecule has 0 spiro atoms. The maximum absolute atomic E-state index is 11.3. The molecule has 0 aliphatic carbocycles. The first-order valence-corrected chi connectivity index (χ1v) is 6.03. The predicted molar refractivity (Wildman–Crippen MR) is 73.5 cm³/mol. The second-order valence-electron chi connectivity index (χ2n) is 5.36. The molecule has 0 aliphatic rings. The van der Waals surface area contributed by atoms with Crippen LogP contribution in [0.25, 0.3) is 12.2 Å². The van der Waals surface area contributed by atoms with Gasteiger partial charge in [0.15, 0.2) is 0 Å². The van der Waals surface area contributed by atoms with Crippen molar-refractivity contribution in [3.63, 3.8) is 0 Å². The van der Waals surface area contributed by atoms with E-state index in [-0.39, 0.29) is 11.1 Å². The molecule has 6 heteroatoms. The highest BCUT2D eigenvalue weighted by Crippen LogP contribution is 2.12. The Labute approximate surface area is 111 Å². The summed E-state index contributed by atoms with van der Waals surface area (Å²) in [5.74, 6) is 0.510. The van der Waals surface area contributed by atoms with E-state index >= 15 is 0 Å². The summed E-state index contributed by atoms with van der Waals surface area (Å²) in [5, 5.41) is 8.11. The van der Waals surface area contributed by atoms with Crippen LogP contribution in [0.3, 0.4) is 0 Å². The molecule has 1 N–H and O–H groups in total. The molecule has 0 fully saturated rings. The highest BCUT2D eigenvalue weighted by Gasteiger charge is 2.14. The van der Waals surface area contributed by atoms with E-state index in [4.69, 9.17) is 0 Å². The Hall–Kier alpha value is -2.24. The summed E-state index contributed by atoms with van der Waals surface area (Å²) in [6, 6.07) is 1.45. The summed E-state index contributed by atoms with van der Waals surface area (Å²) in [6.07, 6.45) is 5.34. The number of aromatic nitrogens is 5. The minimum atomic E-state index is -0.162. The summed E-state index contributed by atoms with van der Waals surface area (Å²) in [5.41, 5.74) is 1.14. The van der Waals surface area contributed by atoms with Gasteiger partial charge in [0.05, 0.1) is 11.7 Å². The Morgan fingerprint density at radius 1 is 1.32 bits per heavy atom. The summed E-state index contributed by atoms with van der Waals surface area (Å²) < 4.78 is 1.79. The molecule has 2 aromatic heterocycles. The first-order valence-electron chi connectivity index (χ1n) is 6.03. The molecule has 2 heterocycles. The van der Waals surface area contributed by atoms with Gasteiger partial charge in [0.1, 0.15) is 11.5 Å². The minimum absolute atomic E-state index is 0.102. The SMILES string of the molecule is Cc1cc(=O)[nH]c(/C=C/c2cn(C(C)(C)C)nn2)n1. The van der Waals surface area contributed by atoms with E-state index in [0.717, 1.165) is 5.69 Å². The van der Waals surface area contributed by atoms with E-state index in [1.807, 2.05) is 6.20 Å². The zero-order valence-corrected chi connectivity index (χ0v) is 11.5. The molecule has 6 nitrogen and oxygen atoms in total. The number of hydrogen-bond acceptors (Lipinski definition) is 4. The molecule has 0 aliphatic heterocycles. The quantitative estimate of drug-likeness (QED) is 0.888. The first kappa shape index (κ1) is 13.2. The number of H-pyrrole nitrogens is 1. The fourth-order valence-electron chi connectivity index (χ4n) is 1.53. The minimum Gasteiger partial charge on any atom is -0.307 e. The lowest BCUT2D eigenvalue weighted by molar-refractivity contribution is 0.347.